The van der Waals surface area contributed by atoms with E-state index in [2.05, 4.69) is 12.2 Å². The molecule has 3 heteroatoms. The minimum absolute atomic E-state index is 0.222. The van der Waals surface area contributed by atoms with E-state index in [9.17, 15) is 0 Å². The van der Waals surface area contributed by atoms with Crippen LogP contribution in [0, 0.1) is 0 Å². The van der Waals surface area contributed by atoms with Gasteiger partial charge in [0.05, 0.1) is 12.7 Å². The molecule has 13 heavy (non-hydrogen) atoms. The minimum atomic E-state index is 0.222. The molecule has 0 radical (unpaired) electrons. The van der Waals surface area contributed by atoms with Gasteiger partial charge in [-0.1, -0.05) is 26.2 Å². The van der Waals surface area contributed by atoms with E-state index in [1.54, 1.807) is 0 Å². The Bertz CT molecular complexity index is 124. The predicted molar refractivity (Wildman–Crippen MR) is 54.7 cm³/mol. The van der Waals surface area contributed by atoms with Crippen LogP contribution in [0.1, 0.15) is 32.6 Å². The lowest BCUT2D eigenvalue weighted by Crippen LogP contribution is -2.48. The first-order valence-corrected chi connectivity index (χ1v) is 5.42. The Hall–Kier alpha value is -0.120. The summed E-state index contributed by atoms with van der Waals surface area (Å²) in [4.78, 5) is 0. The van der Waals surface area contributed by atoms with Crippen LogP contribution in [-0.4, -0.2) is 31.8 Å². The molecule has 1 saturated heterocycles. The van der Waals surface area contributed by atoms with E-state index < -0.39 is 0 Å². The third-order valence-corrected chi connectivity index (χ3v) is 2.57. The van der Waals surface area contributed by atoms with Gasteiger partial charge < -0.3 is 15.8 Å². The van der Waals surface area contributed by atoms with E-state index in [0.29, 0.717) is 0 Å². The Morgan fingerprint density at radius 2 is 2.38 bits per heavy atom. The van der Waals surface area contributed by atoms with Crippen LogP contribution in [0.3, 0.4) is 0 Å². The first kappa shape index (κ1) is 11.0. The average molecular weight is 186 g/mol. The van der Waals surface area contributed by atoms with Crippen molar-refractivity contribution in [2.75, 3.05) is 19.7 Å². The van der Waals surface area contributed by atoms with Gasteiger partial charge in [0.15, 0.2) is 0 Å². The molecule has 1 aliphatic rings. The number of hydrogen-bond acceptors (Lipinski definition) is 3. The van der Waals surface area contributed by atoms with Crippen molar-refractivity contribution in [2.45, 2.75) is 44.8 Å². The second kappa shape index (κ2) is 6.35. The van der Waals surface area contributed by atoms with Crippen molar-refractivity contribution in [2.24, 2.45) is 5.73 Å². The van der Waals surface area contributed by atoms with Crippen molar-refractivity contribution in [1.29, 1.82) is 0 Å². The van der Waals surface area contributed by atoms with Gasteiger partial charge in [-0.25, -0.2) is 0 Å². The van der Waals surface area contributed by atoms with Crippen LogP contribution in [0.15, 0.2) is 0 Å². The van der Waals surface area contributed by atoms with E-state index in [-0.39, 0.29) is 12.1 Å². The Morgan fingerprint density at radius 1 is 1.54 bits per heavy atom. The molecule has 1 aliphatic heterocycles. The van der Waals surface area contributed by atoms with Gasteiger partial charge in [0.2, 0.25) is 0 Å². The molecule has 0 amide bonds. The molecule has 78 valence electrons. The molecule has 0 bridgehead atoms. The van der Waals surface area contributed by atoms with Crippen LogP contribution < -0.4 is 11.1 Å². The molecule has 2 atom stereocenters. The molecule has 0 aromatic rings. The highest BCUT2D eigenvalue weighted by Crippen LogP contribution is 2.08. The highest BCUT2D eigenvalue weighted by atomic mass is 16.5. The third-order valence-electron chi connectivity index (χ3n) is 2.57. The lowest BCUT2D eigenvalue weighted by Gasteiger charge is -2.28. The number of hydrogen-bond donors (Lipinski definition) is 2. The zero-order valence-corrected chi connectivity index (χ0v) is 8.59. The molecule has 3 nitrogen and oxygen atoms in total. The standard InChI is InChI=1S/C10H22N2O/c1-2-3-4-5-9(11)10-8-12-6-7-13-10/h9-10,12H,2-8,11H2,1H3. The summed E-state index contributed by atoms with van der Waals surface area (Å²) in [5.74, 6) is 0. The smallest absolute Gasteiger partial charge is 0.0850 e. The number of ether oxygens (including phenoxy) is 1. The van der Waals surface area contributed by atoms with Gasteiger partial charge >= 0.3 is 0 Å². The van der Waals surface area contributed by atoms with Crippen molar-refractivity contribution >= 4 is 0 Å². The molecule has 0 aromatic carbocycles. The normalized spacial score (nSPS) is 25.8. The zero-order chi connectivity index (χ0) is 9.52. The molecule has 3 N–H and O–H groups in total. The minimum Gasteiger partial charge on any atom is -0.374 e. The fourth-order valence-electron chi connectivity index (χ4n) is 1.68. The van der Waals surface area contributed by atoms with Crippen LogP contribution in [0.25, 0.3) is 0 Å². The third kappa shape index (κ3) is 4.07. The van der Waals surface area contributed by atoms with Crippen LogP contribution >= 0.6 is 0 Å². The molecular weight excluding hydrogens is 164 g/mol. The van der Waals surface area contributed by atoms with Crippen LogP contribution in [0.5, 0.6) is 0 Å². The molecular formula is C10H22N2O. The SMILES string of the molecule is CCCCCC(N)C1CNCCO1. The van der Waals surface area contributed by atoms with Gasteiger partial charge in [0, 0.05) is 19.1 Å². The van der Waals surface area contributed by atoms with Crippen molar-refractivity contribution in [1.82, 2.24) is 5.32 Å². The summed E-state index contributed by atoms with van der Waals surface area (Å²) in [6, 6.07) is 0.222. The highest BCUT2D eigenvalue weighted by molar-refractivity contribution is 4.78. The fraction of sp³-hybridized carbons (Fsp3) is 1.00. The molecule has 0 aromatic heterocycles. The number of nitrogens with one attached hydrogen (secondary N) is 1. The van der Waals surface area contributed by atoms with E-state index in [1.807, 2.05) is 0 Å². The van der Waals surface area contributed by atoms with Gasteiger partial charge in [-0.2, -0.15) is 0 Å². The number of rotatable bonds is 5. The summed E-state index contributed by atoms with van der Waals surface area (Å²) >= 11 is 0. The summed E-state index contributed by atoms with van der Waals surface area (Å²) in [6.45, 7) is 4.92. The summed E-state index contributed by atoms with van der Waals surface area (Å²) in [5.41, 5.74) is 6.02. The van der Waals surface area contributed by atoms with E-state index in [1.165, 1.54) is 19.3 Å². The van der Waals surface area contributed by atoms with Crippen molar-refractivity contribution < 1.29 is 4.74 Å². The van der Waals surface area contributed by atoms with Gasteiger partial charge in [-0.3, -0.25) is 0 Å². The lowest BCUT2D eigenvalue weighted by atomic mass is 10.0. The Labute approximate surface area is 81.0 Å². The number of morpholine rings is 1. The summed E-state index contributed by atoms with van der Waals surface area (Å²) < 4.78 is 5.58. The second-order valence-electron chi connectivity index (χ2n) is 3.77. The summed E-state index contributed by atoms with van der Waals surface area (Å²) in [5, 5.41) is 3.30. The van der Waals surface area contributed by atoms with Crippen LogP contribution in [0.2, 0.25) is 0 Å². The molecule has 1 rings (SSSR count). The molecule has 2 unspecified atom stereocenters. The van der Waals surface area contributed by atoms with E-state index >= 15 is 0 Å². The first-order valence-electron chi connectivity index (χ1n) is 5.42. The van der Waals surface area contributed by atoms with Crippen LogP contribution in [0.4, 0.5) is 0 Å². The topological polar surface area (TPSA) is 47.3 Å². The number of unbranched alkanes of at least 4 members (excludes halogenated alkanes) is 2. The van der Waals surface area contributed by atoms with Gasteiger partial charge in [-0.05, 0) is 6.42 Å². The second-order valence-corrected chi connectivity index (χ2v) is 3.77. The molecule has 1 heterocycles. The molecule has 0 aliphatic carbocycles. The largest absolute Gasteiger partial charge is 0.374 e. The Kier molecular flexibility index (Phi) is 5.35. The van der Waals surface area contributed by atoms with Crippen molar-refractivity contribution in [3.8, 4) is 0 Å². The molecule has 0 saturated carbocycles. The van der Waals surface area contributed by atoms with Crippen LogP contribution in [-0.2, 0) is 4.74 Å². The van der Waals surface area contributed by atoms with E-state index in [0.717, 1.165) is 26.1 Å². The lowest BCUT2D eigenvalue weighted by molar-refractivity contribution is 0.0106. The monoisotopic (exact) mass is 186 g/mol. The zero-order valence-electron chi connectivity index (χ0n) is 8.59. The Morgan fingerprint density at radius 3 is 3.00 bits per heavy atom. The van der Waals surface area contributed by atoms with Gasteiger partial charge in [0.1, 0.15) is 0 Å². The maximum atomic E-state index is 6.02. The average Bonchev–Trinajstić information content (AvgIpc) is 2.19. The molecule has 0 spiro atoms. The van der Waals surface area contributed by atoms with E-state index in [4.69, 9.17) is 10.5 Å². The van der Waals surface area contributed by atoms with Crippen molar-refractivity contribution in [3.63, 3.8) is 0 Å². The summed E-state index contributed by atoms with van der Waals surface area (Å²) in [7, 11) is 0. The first-order chi connectivity index (χ1) is 6.34. The predicted octanol–water partition coefficient (Wildman–Crippen LogP) is 0.882. The molecule has 1 fully saturated rings. The summed E-state index contributed by atoms with van der Waals surface area (Å²) in [6.07, 6.45) is 5.12. The van der Waals surface area contributed by atoms with Crippen molar-refractivity contribution in [3.05, 3.63) is 0 Å². The fourth-order valence-corrected chi connectivity index (χ4v) is 1.68. The van der Waals surface area contributed by atoms with Gasteiger partial charge in [-0.15, -0.1) is 0 Å². The highest BCUT2D eigenvalue weighted by Gasteiger charge is 2.20. The Balaban J connectivity index is 2.09. The maximum Gasteiger partial charge on any atom is 0.0850 e. The van der Waals surface area contributed by atoms with Gasteiger partial charge in [0.25, 0.3) is 0 Å². The number of nitrogens with two attached hydrogens (primary N) is 1. The maximum absolute atomic E-state index is 6.02. The quantitative estimate of drug-likeness (QED) is 0.627.